The molecule has 0 aliphatic carbocycles. The summed E-state index contributed by atoms with van der Waals surface area (Å²) in [6.45, 7) is 2.32. The molecule has 1 fully saturated rings. The molecule has 26 heavy (non-hydrogen) atoms. The van der Waals surface area contributed by atoms with Crippen molar-refractivity contribution in [2.24, 2.45) is 4.99 Å². The predicted octanol–water partition coefficient (Wildman–Crippen LogP) is 3.17. The van der Waals surface area contributed by atoms with Crippen molar-refractivity contribution in [2.45, 2.75) is 32.4 Å². The highest BCUT2D eigenvalue weighted by atomic mass is 32.2. The standard InChI is InChI=1S/C18H28F2N4OS/c1-3-21-18(22-10-6-12-26-2)23-14-9-11-24(13-14)15-7-4-5-8-16(15)25-17(19)20/h4-5,7-8,14,17H,3,6,9-13H2,1-2H3,(H2,21,22,23). The maximum atomic E-state index is 12.6. The van der Waals surface area contributed by atoms with E-state index in [1.807, 2.05) is 30.8 Å². The quantitative estimate of drug-likeness (QED) is 0.388. The third-order valence-corrected chi connectivity index (χ3v) is 4.77. The normalized spacial score (nSPS) is 17.7. The van der Waals surface area contributed by atoms with Crippen LogP contribution in [0.1, 0.15) is 19.8 Å². The van der Waals surface area contributed by atoms with E-state index in [1.54, 1.807) is 12.1 Å². The topological polar surface area (TPSA) is 48.9 Å². The molecule has 0 spiro atoms. The van der Waals surface area contributed by atoms with E-state index >= 15 is 0 Å². The number of para-hydroxylation sites is 2. The molecular weight excluding hydrogens is 358 g/mol. The molecule has 0 radical (unpaired) electrons. The summed E-state index contributed by atoms with van der Waals surface area (Å²) >= 11 is 1.82. The van der Waals surface area contributed by atoms with Crippen LogP contribution in [0.5, 0.6) is 5.75 Å². The molecule has 2 N–H and O–H groups in total. The van der Waals surface area contributed by atoms with Crippen molar-refractivity contribution < 1.29 is 13.5 Å². The number of nitrogens with zero attached hydrogens (tertiary/aromatic N) is 2. The summed E-state index contributed by atoms with van der Waals surface area (Å²) in [6.07, 6.45) is 4.06. The first-order valence-corrected chi connectivity index (χ1v) is 10.4. The monoisotopic (exact) mass is 386 g/mol. The lowest BCUT2D eigenvalue weighted by atomic mass is 10.2. The van der Waals surface area contributed by atoms with Crippen LogP contribution >= 0.6 is 11.8 Å². The summed E-state index contributed by atoms with van der Waals surface area (Å²) in [7, 11) is 0. The van der Waals surface area contributed by atoms with E-state index in [1.165, 1.54) is 0 Å². The fraction of sp³-hybridized carbons (Fsp3) is 0.611. The Hall–Kier alpha value is -1.70. The Balaban J connectivity index is 1.94. The van der Waals surface area contributed by atoms with Gasteiger partial charge in [0, 0.05) is 32.2 Å². The summed E-state index contributed by atoms with van der Waals surface area (Å²) in [5.74, 6) is 2.14. The van der Waals surface area contributed by atoms with Crippen molar-refractivity contribution in [1.82, 2.24) is 10.6 Å². The highest BCUT2D eigenvalue weighted by Crippen LogP contribution is 2.31. The molecule has 0 aromatic heterocycles. The largest absolute Gasteiger partial charge is 0.433 e. The van der Waals surface area contributed by atoms with Crippen molar-refractivity contribution in [3.63, 3.8) is 0 Å². The summed E-state index contributed by atoms with van der Waals surface area (Å²) in [4.78, 5) is 6.68. The van der Waals surface area contributed by atoms with E-state index in [-0.39, 0.29) is 11.8 Å². The van der Waals surface area contributed by atoms with E-state index in [2.05, 4.69) is 31.5 Å². The van der Waals surface area contributed by atoms with E-state index in [9.17, 15) is 8.78 Å². The lowest BCUT2D eigenvalue weighted by Gasteiger charge is -2.22. The minimum atomic E-state index is -2.82. The molecule has 1 aromatic rings. The Kier molecular flexibility index (Phi) is 8.80. The lowest BCUT2D eigenvalue weighted by molar-refractivity contribution is -0.0495. The second-order valence-corrected chi connectivity index (χ2v) is 7.01. The van der Waals surface area contributed by atoms with Gasteiger partial charge in [-0.15, -0.1) is 0 Å². The van der Waals surface area contributed by atoms with Crippen LogP contribution in [0.4, 0.5) is 14.5 Å². The number of aliphatic imine (C=N–C) groups is 1. The van der Waals surface area contributed by atoms with Gasteiger partial charge in [-0.2, -0.15) is 20.5 Å². The molecule has 8 heteroatoms. The van der Waals surface area contributed by atoms with Crippen LogP contribution in [-0.4, -0.2) is 56.8 Å². The Labute approximate surface area is 158 Å². The minimum Gasteiger partial charge on any atom is -0.433 e. The van der Waals surface area contributed by atoms with Crippen molar-refractivity contribution >= 4 is 23.4 Å². The predicted molar refractivity (Wildman–Crippen MR) is 106 cm³/mol. The second-order valence-electron chi connectivity index (χ2n) is 6.03. The van der Waals surface area contributed by atoms with Gasteiger partial charge in [-0.05, 0) is 43.9 Å². The molecule has 1 atom stereocenters. The van der Waals surface area contributed by atoms with Gasteiger partial charge in [0.05, 0.1) is 5.69 Å². The molecule has 2 rings (SSSR count). The van der Waals surface area contributed by atoms with Crippen LogP contribution in [0.3, 0.4) is 0 Å². The highest BCUT2D eigenvalue weighted by molar-refractivity contribution is 7.98. The van der Waals surface area contributed by atoms with Crippen molar-refractivity contribution in [3.8, 4) is 5.75 Å². The van der Waals surface area contributed by atoms with Crippen LogP contribution in [0.2, 0.25) is 0 Å². The Morgan fingerprint density at radius 1 is 1.42 bits per heavy atom. The maximum Gasteiger partial charge on any atom is 0.387 e. The van der Waals surface area contributed by atoms with Gasteiger partial charge in [0.2, 0.25) is 0 Å². The number of ether oxygens (including phenoxy) is 1. The summed E-state index contributed by atoms with van der Waals surface area (Å²) in [5, 5.41) is 6.72. The molecule has 0 bridgehead atoms. The third-order valence-electron chi connectivity index (χ3n) is 4.07. The number of benzene rings is 1. The van der Waals surface area contributed by atoms with Crippen LogP contribution in [0.25, 0.3) is 0 Å². The zero-order valence-electron chi connectivity index (χ0n) is 15.4. The first kappa shape index (κ1) is 20.6. The number of hydrogen-bond donors (Lipinski definition) is 2. The van der Waals surface area contributed by atoms with Gasteiger partial charge in [-0.1, -0.05) is 12.1 Å². The number of alkyl halides is 2. The van der Waals surface area contributed by atoms with E-state index in [4.69, 9.17) is 0 Å². The van der Waals surface area contributed by atoms with Gasteiger partial charge in [-0.3, -0.25) is 4.99 Å². The Morgan fingerprint density at radius 2 is 2.23 bits per heavy atom. The number of anilines is 1. The Morgan fingerprint density at radius 3 is 2.96 bits per heavy atom. The summed E-state index contributed by atoms with van der Waals surface area (Å²) in [6, 6.07) is 7.16. The zero-order chi connectivity index (χ0) is 18.8. The second kappa shape index (κ2) is 11.1. The molecule has 5 nitrogen and oxygen atoms in total. The van der Waals surface area contributed by atoms with E-state index < -0.39 is 6.61 Å². The first-order valence-electron chi connectivity index (χ1n) is 8.96. The van der Waals surface area contributed by atoms with Gasteiger partial charge in [-0.25, -0.2) is 0 Å². The summed E-state index contributed by atoms with van der Waals surface area (Å²) < 4.78 is 29.9. The van der Waals surface area contributed by atoms with Crippen molar-refractivity contribution in [2.75, 3.05) is 43.1 Å². The van der Waals surface area contributed by atoms with Gasteiger partial charge in [0.1, 0.15) is 5.75 Å². The molecule has 1 unspecified atom stereocenters. The van der Waals surface area contributed by atoms with Crippen LogP contribution in [0.15, 0.2) is 29.3 Å². The molecule has 146 valence electrons. The van der Waals surface area contributed by atoms with E-state index in [0.29, 0.717) is 5.69 Å². The van der Waals surface area contributed by atoms with Gasteiger partial charge in [0.15, 0.2) is 5.96 Å². The van der Waals surface area contributed by atoms with E-state index in [0.717, 1.165) is 50.7 Å². The fourth-order valence-corrected chi connectivity index (χ4v) is 3.34. The highest BCUT2D eigenvalue weighted by Gasteiger charge is 2.25. The number of rotatable bonds is 9. The molecular formula is C18H28F2N4OS. The third kappa shape index (κ3) is 6.55. The van der Waals surface area contributed by atoms with Crippen molar-refractivity contribution in [1.29, 1.82) is 0 Å². The fourth-order valence-electron chi connectivity index (χ4n) is 2.92. The molecule has 1 aromatic carbocycles. The summed E-state index contributed by atoms with van der Waals surface area (Å²) in [5.41, 5.74) is 0.707. The first-order chi connectivity index (χ1) is 12.6. The van der Waals surface area contributed by atoms with Crippen LogP contribution in [-0.2, 0) is 0 Å². The molecule has 1 heterocycles. The van der Waals surface area contributed by atoms with Crippen molar-refractivity contribution in [3.05, 3.63) is 24.3 Å². The van der Waals surface area contributed by atoms with Crippen LogP contribution in [0, 0.1) is 0 Å². The number of halogens is 2. The molecule has 1 aliphatic heterocycles. The van der Waals surface area contributed by atoms with Gasteiger partial charge >= 0.3 is 6.61 Å². The maximum absolute atomic E-state index is 12.6. The van der Waals surface area contributed by atoms with Crippen LogP contribution < -0.4 is 20.3 Å². The average molecular weight is 387 g/mol. The molecule has 0 saturated carbocycles. The molecule has 1 saturated heterocycles. The zero-order valence-corrected chi connectivity index (χ0v) is 16.2. The number of guanidine groups is 1. The number of hydrogen-bond acceptors (Lipinski definition) is 4. The molecule has 0 amide bonds. The average Bonchev–Trinajstić information content (AvgIpc) is 3.07. The SMILES string of the molecule is CCNC(=NCCCSC)NC1CCN(c2ccccc2OC(F)F)C1. The molecule has 1 aliphatic rings. The van der Waals surface area contributed by atoms with Gasteiger partial charge < -0.3 is 20.3 Å². The lowest BCUT2D eigenvalue weighted by Crippen LogP contribution is -2.44. The number of thioether (sulfide) groups is 1. The number of nitrogens with one attached hydrogen (secondary N) is 2. The van der Waals surface area contributed by atoms with Gasteiger partial charge in [0.25, 0.3) is 0 Å². The smallest absolute Gasteiger partial charge is 0.387 e. The Bertz CT molecular complexity index is 574. The minimum absolute atomic E-state index is 0.216.